The molecule has 2 aromatic rings. The highest BCUT2D eigenvalue weighted by Gasteiger charge is 2.36. The molecule has 3 rings (SSSR count). The maximum Gasteiger partial charge on any atom is 0.262 e. The van der Waals surface area contributed by atoms with Crippen LogP contribution in [0.3, 0.4) is 0 Å². The van der Waals surface area contributed by atoms with E-state index in [1.165, 1.54) is 22.2 Å². The Morgan fingerprint density at radius 1 is 1.52 bits per heavy atom. The molecule has 0 aromatic carbocycles. The predicted octanol–water partition coefficient (Wildman–Crippen LogP) is 1.27. The zero-order chi connectivity index (χ0) is 18.2. The molecule has 1 amide bonds. The Morgan fingerprint density at radius 3 is 2.92 bits per heavy atom. The van der Waals surface area contributed by atoms with E-state index in [1.807, 2.05) is 13.8 Å². The SMILES string of the molecule is CC[C@@H](C)N(C(=O)Cn1cnc2sccc2c1=O)[C@H]1CCS(=O)(=O)C1. The number of nitrogens with zero attached hydrogens (tertiary/aromatic N) is 3. The van der Waals surface area contributed by atoms with Crippen LogP contribution in [0.4, 0.5) is 0 Å². The molecule has 1 aliphatic heterocycles. The van der Waals surface area contributed by atoms with Gasteiger partial charge in [-0.25, -0.2) is 13.4 Å². The molecular weight excluding hydrogens is 362 g/mol. The van der Waals surface area contributed by atoms with Crippen LogP contribution in [0.5, 0.6) is 0 Å². The molecule has 0 unspecified atom stereocenters. The maximum atomic E-state index is 12.9. The number of carbonyl (C=O) groups is 1. The monoisotopic (exact) mass is 383 g/mol. The number of rotatable bonds is 5. The van der Waals surface area contributed by atoms with Gasteiger partial charge in [0.05, 0.1) is 23.2 Å². The fraction of sp³-hybridized carbons (Fsp3) is 0.562. The van der Waals surface area contributed by atoms with Gasteiger partial charge in [-0.2, -0.15) is 0 Å². The standard InChI is InChI=1S/C16H21N3O4S2/c1-3-11(2)19(12-5-7-25(22,23)9-12)14(20)8-18-10-17-15-13(16(18)21)4-6-24-15/h4,6,10-12H,3,5,7-9H2,1-2H3/t11-,12+/m1/s1. The lowest BCUT2D eigenvalue weighted by Crippen LogP contribution is -2.48. The van der Waals surface area contributed by atoms with Crippen LogP contribution in [0, 0.1) is 0 Å². The van der Waals surface area contributed by atoms with Crippen LogP contribution in [-0.2, 0) is 21.2 Å². The summed E-state index contributed by atoms with van der Waals surface area (Å²) in [6, 6.07) is 1.30. The molecule has 2 aromatic heterocycles. The molecule has 1 fully saturated rings. The quantitative estimate of drug-likeness (QED) is 0.776. The number of hydrogen-bond donors (Lipinski definition) is 0. The van der Waals surface area contributed by atoms with Crippen LogP contribution in [0.15, 0.2) is 22.6 Å². The van der Waals surface area contributed by atoms with E-state index in [2.05, 4.69) is 4.98 Å². The molecule has 1 aliphatic rings. The van der Waals surface area contributed by atoms with Crippen LogP contribution in [-0.4, -0.2) is 52.4 Å². The van der Waals surface area contributed by atoms with Gasteiger partial charge in [-0.15, -0.1) is 11.3 Å². The molecule has 0 aliphatic carbocycles. The van der Waals surface area contributed by atoms with E-state index >= 15 is 0 Å². The third kappa shape index (κ3) is 3.62. The van der Waals surface area contributed by atoms with Crippen molar-refractivity contribution in [3.63, 3.8) is 0 Å². The average molecular weight is 383 g/mol. The lowest BCUT2D eigenvalue weighted by molar-refractivity contribution is -0.136. The molecule has 0 bridgehead atoms. The number of fused-ring (bicyclic) bond motifs is 1. The van der Waals surface area contributed by atoms with Gasteiger partial charge < -0.3 is 4.90 Å². The zero-order valence-corrected chi connectivity index (χ0v) is 15.8. The molecule has 136 valence electrons. The molecule has 0 spiro atoms. The molecule has 2 atom stereocenters. The summed E-state index contributed by atoms with van der Waals surface area (Å²) < 4.78 is 24.9. The summed E-state index contributed by atoms with van der Waals surface area (Å²) in [6.45, 7) is 3.74. The van der Waals surface area contributed by atoms with Crippen LogP contribution >= 0.6 is 11.3 Å². The molecule has 1 saturated heterocycles. The molecular formula is C16H21N3O4S2. The number of carbonyl (C=O) groups excluding carboxylic acids is 1. The topological polar surface area (TPSA) is 89.3 Å². The van der Waals surface area contributed by atoms with Gasteiger partial charge in [-0.3, -0.25) is 14.2 Å². The zero-order valence-electron chi connectivity index (χ0n) is 14.2. The number of sulfone groups is 1. The summed E-state index contributed by atoms with van der Waals surface area (Å²) in [5, 5.41) is 2.29. The van der Waals surface area contributed by atoms with Gasteiger partial charge in [0.25, 0.3) is 5.56 Å². The highest BCUT2D eigenvalue weighted by atomic mass is 32.2. The number of hydrogen-bond acceptors (Lipinski definition) is 6. The Balaban J connectivity index is 1.87. The average Bonchev–Trinajstić information content (AvgIpc) is 3.17. The fourth-order valence-electron chi connectivity index (χ4n) is 3.23. The van der Waals surface area contributed by atoms with Crippen molar-refractivity contribution in [2.75, 3.05) is 11.5 Å². The Hall–Kier alpha value is -1.74. The first kappa shape index (κ1) is 18.1. The van der Waals surface area contributed by atoms with Crippen LogP contribution in [0.2, 0.25) is 0 Å². The minimum absolute atomic E-state index is 0.000204. The second-order valence-corrected chi connectivity index (χ2v) is 9.56. The fourth-order valence-corrected chi connectivity index (χ4v) is 5.67. The van der Waals surface area contributed by atoms with E-state index < -0.39 is 9.84 Å². The third-order valence-corrected chi connectivity index (χ3v) is 7.28. The summed E-state index contributed by atoms with van der Waals surface area (Å²) in [6.07, 6.45) is 2.56. The second-order valence-electron chi connectivity index (χ2n) is 6.43. The van der Waals surface area contributed by atoms with Gasteiger partial charge in [-0.1, -0.05) is 6.92 Å². The molecule has 0 N–H and O–H groups in total. The van der Waals surface area contributed by atoms with E-state index in [4.69, 9.17) is 0 Å². The minimum atomic E-state index is -3.09. The van der Waals surface area contributed by atoms with Gasteiger partial charge in [-0.05, 0) is 31.2 Å². The van der Waals surface area contributed by atoms with Crippen LogP contribution in [0.1, 0.15) is 26.7 Å². The van der Waals surface area contributed by atoms with E-state index in [1.54, 1.807) is 16.3 Å². The van der Waals surface area contributed by atoms with Crippen molar-refractivity contribution in [1.29, 1.82) is 0 Å². The largest absolute Gasteiger partial charge is 0.334 e. The van der Waals surface area contributed by atoms with E-state index in [9.17, 15) is 18.0 Å². The highest BCUT2D eigenvalue weighted by Crippen LogP contribution is 2.22. The van der Waals surface area contributed by atoms with Gasteiger partial charge in [0.2, 0.25) is 5.91 Å². The Labute approximate surface area is 150 Å². The lowest BCUT2D eigenvalue weighted by atomic mass is 10.1. The summed E-state index contributed by atoms with van der Waals surface area (Å²) >= 11 is 1.38. The van der Waals surface area contributed by atoms with Gasteiger partial charge in [0.15, 0.2) is 9.84 Å². The summed E-state index contributed by atoms with van der Waals surface area (Å²) in [7, 11) is -3.09. The maximum absolute atomic E-state index is 12.9. The van der Waals surface area contributed by atoms with Crippen molar-refractivity contribution in [2.24, 2.45) is 0 Å². The summed E-state index contributed by atoms with van der Waals surface area (Å²) in [5.41, 5.74) is -0.247. The van der Waals surface area contributed by atoms with Gasteiger partial charge >= 0.3 is 0 Å². The Bertz CT molecular complexity index is 948. The number of aromatic nitrogens is 2. The van der Waals surface area contributed by atoms with Crippen LogP contribution < -0.4 is 5.56 Å². The van der Waals surface area contributed by atoms with Crippen molar-refractivity contribution in [3.05, 3.63) is 28.1 Å². The second kappa shape index (κ2) is 6.87. The van der Waals surface area contributed by atoms with Crippen molar-refractivity contribution in [1.82, 2.24) is 14.5 Å². The first-order valence-corrected chi connectivity index (χ1v) is 11.0. The predicted molar refractivity (Wildman–Crippen MR) is 97.5 cm³/mol. The molecule has 0 radical (unpaired) electrons. The van der Waals surface area contributed by atoms with Gasteiger partial charge in [0.1, 0.15) is 11.4 Å². The highest BCUT2D eigenvalue weighted by molar-refractivity contribution is 7.91. The smallest absolute Gasteiger partial charge is 0.262 e. The van der Waals surface area contributed by atoms with E-state index in [0.717, 1.165) is 6.42 Å². The third-order valence-electron chi connectivity index (χ3n) is 4.71. The lowest BCUT2D eigenvalue weighted by Gasteiger charge is -2.33. The molecule has 3 heterocycles. The van der Waals surface area contributed by atoms with Crippen molar-refractivity contribution >= 4 is 37.3 Å². The van der Waals surface area contributed by atoms with E-state index in [-0.39, 0.29) is 41.6 Å². The normalized spacial score (nSPS) is 20.6. The first-order chi connectivity index (χ1) is 11.8. The van der Waals surface area contributed by atoms with Crippen molar-refractivity contribution < 1.29 is 13.2 Å². The number of thiophene rings is 1. The summed E-state index contributed by atoms with van der Waals surface area (Å²) in [4.78, 5) is 31.9. The number of amides is 1. The van der Waals surface area contributed by atoms with Gasteiger partial charge in [0, 0.05) is 12.1 Å². The molecule has 9 heteroatoms. The van der Waals surface area contributed by atoms with E-state index in [0.29, 0.717) is 16.6 Å². The Kier molecular flexibility index (Phi) is 4.97. The molecule has 7 nitrogen and oxygen atoms in total. The minimum Gasteiger partial charge on any atom is -0.334 e. The van der Waals surface area contributed by atoms with Crippen LogP contribution in [0.25, 0.3) is 10.2 Å². The summed E-state index contributed by atoms with van der Waals surface area (Å²) in [5.74, 6) is -0.130. The van der Waals surface area contributed by atoms with Crippen molar-refractivity contribution in [3.8, 4) is 0 Å². The Morgan fingerprint density at radius 2 is 2.28 bits per heavy atom. The molecule has 0 saturated carbocycles. The first-order valence-electron chi connectivity index (χ1n) is 8.26. The van der Waals surface area contributed by atoms with Crippen molar-refractivity contribution in [2.45, 2.75) is 45.3 Å². The molecule has 25 heavy (non-hydrogen) atoms.